The molecule has 1 amide bonds. The molecule has 4 rings (SSSR count). The van der Waals surface area contributed by atoms with Crippen molar-refractivity contribution in [2.45, 2.75) is 37.5 Å². The third-order valence-electron chi connectivity index (χ3n) is 5.25. The van der Waals surface area contributed by atoms with Crippen LogP contribution >= 0.6 is 11.6 Å². The quantitative estimate of drug-likeness (QED) is 0.483. The zero-order valence-corrected chi connectivity index (χ0v) is 19.2. The minimum absolute atomic E-state index is 0.0372. The van der Waals surface area contributed by atoms with E-state index in [2.05, 4.69) is 10.3 Å². The first-order valence-electron chi connectivity index (χ1n) is 10.4. The number of amides is 1. The monoisotopic (exact) mass is 477 g/mol. The summed E-state index contributed by atoms with van der Waals surface area (Å²) < 4.78 is 38.2. The number of hydrogen-bond donors (Lipinski definition) is 1. The average Bonchev–Trinajstić information content (AvgIpc) is 3.42. The second kappa shape index (κ2) is 9.48. The molecular weight excluding hydrogens is 454 g/mol. The second-order valence-electron chi connectivity index (χ2n) is 7.67. The number of aryl methyl sites for hydroxylation is 1. The SMILES string of the molecule is Cc1cc(Cl)ccc1OCCCC(=O)Nc1nc2cc(S(=O)(=O)N3CCCC3)ccc2o1. The molecule has 8 nitrogen and oxygen atoms in total. The summed E-state index contributed by atoms with van der Waals surface area (Å²) in [6.07, 6.45) is 2.46. The molecule has 1 aliphatic rings. The van der Waals surface area contributed by atoms with Crippen molar-refractivity contribution >= 4 is 44.6 Å². The van der Waals surface area contributed by atoms with E-state index in [0.29, 0.717) is 42.2 Å². The Hall–Kier alpha value is -2.62. The van der Waals surface area contributed by atoms with Gasteiger partial charge in [-0.25, -0.2) is 8.42 Å². The Kier molecular flexibility index (Phi) is 6.68. The summed E-state index contributed by atoms with van der Waals surface area (Å²) >= 11 is 5.93. The number of ether oxygens (including phenoxy) is 1. The van der Waals surface area contributed by atoms with Crippen LogP contribution in [0.3, 0.4) is 0 Å². The molecule has 0 saturated carbocycles. The van der Waals surface area contributed by atoms with Crippen molar-refractivity contribution < 1.29 is 22.4 Å². The van der Waals surface area contributed by atoms with Gasteiger partial charge in [0, 0.05) is 24.5 Å². The van der Waals surface area contributed by atoms with Crippen molar-refractivity contribution in [1.82, 2.24) is 9.29 Å². The van der Waals surface area contributed by atoms with Gasteiger partial charge in [-0.3, -0.25) is 10.1 Å². The first kappa shape index (κ1) is 22.6. The Morgan fingerprint density at radius 1 is 1.22 bits per heavy atom. The van der Waals surface area contributed by atoms with Crippen LogP contribution in [0.15, 0.2) is 45.7 Å². The number of anilines is 1. The number of aromatic nitrogens is 1. The maximum absolute atomic E-state index is 12.7. The molecule has 2 aromatic carbocycles. The van der Waals surface area contributed by atoms with Crippen LogP contribution in [0.5, 0.6) is 5.75 Å². The van der Waals surface area contributed by atoms with E-state index in [1.165, 1.54) is 16.4 Å². The van der Waals surface area contributed by atoms with E-state index in [1.54, 1.807) is 18.2 Å². The van der Waals surface area contributed by atoms with Crippen LogP contribution in [0.1, 0.15) is 31.2 Å². The van der Waals surface area contributed by atoms with Gasteiger partial charge in [0.2, 0.25) is 15.9 Å². The molecule has 1 N–H and O–H groups in total. The normalized spacial score (nSPS) is 14.7. The number of rotatable bonds is 8. The van der Waals surface area contributed by atoms with Gasteiger partial charge in [-0.2, -0.15) is 9.29 Å². The molecule has 1 saturated heterocycles. The molecular formula is C22H24ClN3O5S. The lowest BCUT2D eigenvalue weighted by Crippen LogP contribution is -2.27. The average molecular weight is 478 g/mol. The molecule has 10 heteroatoms. The van der Waals surface area contributed by atoms with Crippen LogP contribution in [0, 0.1) is 6.92 Å². The molecule has 0 radical (unpaired) electrons. The van der Waals surface area contributed by atoms with Crippen molar-refractivity contribution in [2.24, 2.45) is 0 Å². The number of halogens is 1. The third kappa shape index (κ3) is 5.06. The predicted octanol–water partition coefficient (Wildman–Crippen LogP) is 4.37. The summed E-state index contributed by atoms with van der Waals surface area (Å²) in [5.41, 5.74) is 1.71. The van der Waals surface area contributed by atoms with Crippen LogP contribution in [-0.4, -0.2) is 43.3 Å². The number of hydrogen-bond acceptors (Lipinski definition) is 6. The summed E-state index contributed by atoms with van der Waals surface area (Å²) in [6, 6.07) is 9.95. The molecule has 0 bridgehead atoms. The highest BCUT2D eigenvalue weighted by Crippen LogP contribution is 2.26. The molecule has 1 aliphatic heterocycles. The molecule has 3 aromatic rings. The van der Waals surface area contributed by atoms with E-state index in [4.69, 9.17) is 20.8 Å². The number of sulfonamides is 1. The standard InChI is InChI=1S/C22H24ClN3O5S/c1-15-13-16(23)6-8-19(15)30-12-4-5-21(27)25-22-24-18-14-17(7-9-20(18)31-22)32(28,29)26-10-2-3-11-26/h6-9,13-14H,2-5,10-12H2,1H3,(H,24,25,27). The molecule has 1 aromatic heterocycles. The summed E-state index contributed by atoms with van der Waals surface area (Å²) in [7, 11) is -3.54. The molecule has 1 fully saturated rings. The van der Waals surface area contributed by atoms with Gasteiger partial charge >= 0.3 is 6.01 Å². The lowest BCUT2D eigenvalue weighted by molar-refractivity contribution is -0.116. The largest absolute Gasteiger partial charge is 0.493 e. The van der Waals surface area contributed by atoms with E-state index >= 15 is 0 Å². The minimum atomic E-state index is -3.54. The smallest absolute Gasteiger partial charge is 0.302 e. The predicted molar refractivity (Wildman–Crippen MR) is 122 cm³/mol. The Balaban J connectivity index is 1.33. The first-order chi connectivity index (χ1) is 15.3. The molecule has 32 heavy (non-hydrogen) atoms. The Bertz CT molecular complexity index is 1240. The second-order valence-corrected chi connectivity index (χ2v) is 10.0. The Morgan fingerprint density at radius 2 is 2.00 bits per heavy atom. The van der Waals surface area contributed by atoms with E-state index in [0.717, 1.165) is 24.2 Å². The van der Waals surface area contributed by atoms with E-state index in [1.807, 2.05) is 13.0 Å². The summed E-state index contributed by atoms with van der Waals surface area (Å²) in [4.78, 5) is 16.6. The highest BCUT2D eigenvalue weighted by molar-refractivity contribution is 7.89. The first-order valence-corrected chi connectivity index (χ1v) is 12.2. The zero-order valence-electron chi connectivity index (χ0n) is 17.6. The van der Waals surface area contributed by atoms with E-state index < -0.39 is 10.0 Å². The summed E-state index contributed by atoms with van der Waals surface area (Å²) in [5.74, 6) is 0.464. The minimum Gasteiger partial charge on any atom is -0.493 e. The van der Waals surface area contributed by atoms with Crippen LogP contribution in [-0.2, 0) is 14.8 Å². The fourth-order valence-corrected chi connectivity index (χ4v) is 5.33. The highest BCUT2D eigenvalue weighted by Gasteiger charge is 2.27. The summed E-state index contributed by atoms with van der Waals surface area (Å²) in [6.45, 7) is 3.34. The van der Waals surface area contributed by atoms with Crippen molar-refractivity contribution in [1.29, 1.82) is 0 Å². The number of nitrogens with one attached hydrogen (secondary N) is 1. The number of carbonyl (C=O) groups is 1. The Morgan fingerprint density at radius 3 is 2.75 bits per heavy atom. The van der Waals surface area contributed by atoms with Crippen molar-refractivity contribution in [3.8, 4) is 5.75 Å². The van der Waals surface area contributed by atoms with Crippen molar-refractivity contribution in [3.05, 3.63) is 47.0 Å². The van der Waals surface area contributed by atoms with Gasteiger partial charge in [0.05, 0.1) is 11.5 Å². The van der Waals surface area contributed by atoms with Gasteiger partial charge in [0.25, 0.3) is 0 Å². The third-order valence-corrected chi connectivity index (χ3v) is 7.38. The maximum atomic E-state index is 12.7. The van der Waals surface area contributed by atoms with Crippen LogP contribution in [0.4, 0.5) is 6.01 Å². The van der Waals surface area contributed by atoms with Gasteiger partial charge in [0.15, 0.2) is 5.58 Å². The lowest BCUT2D eigenvalue weighted by Gasteiger charge is -2.14. The molecule has 0 spiro atoms. The fraction of sp³-hybridized carbons (Fsp3) is 0.364. The number of benzene rings is 2. The van der Waals surface area contributed by atoms with E-state index in [9.17, 15) is 13.2 Å². The molecule has 170 valence electrons. The number of fused-ring (bicyclic) bond motifs is 1. The molecule has 0 atom stereocenters. The maximum Gasteiger partial charge on any atom is 0.302 e. The molecule has 0 unspecified atom stereocenters. The Labute approximate surface area is 191 Å². The van der Waals surface area contributed by atoms with Gasteiger partial charge in [-0.15, -0.1) is 0 Å². The van der Waals surface area contributed by atoms with Crippen LogP contribution in [0.25, 0.3) is 11.1 Å². The number of nitrogens with zero attached hydrogens (tertiary/aromatic N) is 2. The molecule has 0 aliphatic carbocycles. The van der Waals surface area contributed by atoms with Gasteiger partial charge < -0.3 is 9.15 Å². The highest BCUT2D eigenvalue weighted by atomic mass is 35.5. The number of carbonyl (C=O) groups excluding carboxylic acids is 1. The van der Waals surface area contributed by atoms with Crippen molar-refractivity contribution in [3.63, 3.8) is 0 Å². The number of oxazole rings is 1. The zero-order chi connectivity index (χ0) is 22.7. The van der Waals surface area contributed by atoms with Crippen LogP contribution < -0.4 is 10.1 Å². The lowest BCUT2D eigenvalue weighted by atomic mass is 10.2. The van der Waals surface area contributed by atoms with Crippen LogP contribution in [0.2, 0.25) is 5.02 Å². The topological polar surface area (TPSA) is 102 Å². The van der Waals surface area contributed by atoms with Gasteiger partial charge in [0.1, 0.15) is 11.3 Å². The van der Waals surface area contributed by atoms with Gasteiger partial charge in [-0.05, 0) is 68.1 Å². The fourth-order valence-electron chi connectivity index (χ4n) is 3.57. The summed E-state index contributed by atoms with van der Waals surface area (Å²) in [5, 5.41) is 3.26. The van der Waals surface area contributed by atoms with E-state index in [-0.39, 0.29) is 23.2 Å². The van der Waals surface area contributed by atoms with Gasteiger partial charge in [-0.1, -0.05) is 11.6 Å². The van der Waals surface area contributed by atoms with Crippen molar-refractivity contribution in [2.75, 3.05) is 25.0 Å². The molecule has 2 heterocycles.